The number of benzene rings is 1. The molecule has 0 aliphatic carbocycles. The molecule has 0 bridgehead atoms. The van der Waals surface area contributed by atoms with Crippen molar-refractivity contribution in [2.24, 2.45) is 0 Å². The van der Waals surface area contributed by atoms with Gasteiger partial charge in [-0.25, -0.2) is 4.98 Å². The van der Waals surface area contributed by atoms with E-state index in [2.05, 4.69) is 21.1 Å². The largest absolute Gasteiger partial charge is 0.573 e. The van der Waals surface area contributed by atoms with Crippen molar-refractivity contribution in [3.8, 4) is 5.75 Å². The molecule has 2 aromatic rings. The van der Waals surface area contributed by atoms with Gasteiger partial charge >= 0.3 is 6.36 Å². The molecular weight excluding hydrogens is 345 g/mol. The molecular formula is C19H21F3N2O2. The minimum absolute atomic E-state index is 0.133. The lowest BCUT2D eigenvalue weighted by molar-refractivity contribution is -0.274. The van der Waals surface area contributed by atoms with Gasteiger partial charge in [0.2, 0.25) is 0 Å². The summed E-state index contributed by atoms with van der Waals surface area (Å²) < 4.78 is 40.6. The van der Waals surface area contributed by atoms with Crippen LogP contribution in [0, 0.1) is 0 Å². The van der Waals surface area contributed by atoms with E-state index in [1.807, 2.05) is 13.8 Å². The van der Waals surface area contributed by atoms with Crippen LogP contribution in [0.15, 0.2) is 42.6 Å². The highest BCUT2D eigenvalue weighted by Gasteiger charge is 2.30. The molecule has 0 saturated heterocycles. The summed E-state index contributed by atoms with van der Waals surface area (Å²) >= 11 is 0. The van der Waals surface area contributed by atoms with Crippen LogP contribution >= 0.6 is 0 Å². The van der Waals surface area contributed by atoms with Gasteiger partial charge in [0.1, 0.15) is 11.6 Å². The van der Waals surface area contributed by atoms with E-state index in [1.54, 1.807) is 12.3 Å². The number of halogens is 3. The van der Waals surface area contributed by atoms with E-state index in [0.717, 1.165) is 29.5 Å². The van der Waals surface area contributed by atoms with Crippen molar-refractivity contribution in [3.63, 3.8) is 0 Å². The lowest BCUT2D eigenvalue weighted by Crippen LogP contribution is -2.17. The zero-order valence-corrected chi connectivity index (χ0v) is 14.6. The SMILES string of the molecule is CC/C=C(\CC)c1c(CO)ccnc1Nc1ccc(OC(F)(F)F)cc1. The summed E-state index contributed by atoms with van der Waals surface area (Å²) in [7, 11) is 0. The summed E-state index contributed by atoms with van der Waals surface area (Å²) in [6, 6.07) is 7.17. The van der Waals surface area contributed by atoms with E-state index in [-0.39, 0.29) is 12.4 Å². The number of hydrogen-bond donors (Lipinski definition) is 2. The van der Waals surface area contributed by atoms with Crippen molar-refractivity contribution < 1.29 is 23.0 Å². The molecule has 0 aliphatic rings. The average molecular weight is 366 g/mol. The number of aliphatic hydroxyl groups is 1. The molecule has 0 amide bonds. The lowest BCUT2D eigenvalue weighted by atomic mass is 9.98. The highest BCUT2D eigenvalue weighted by atomic mass is 19.4. The summed E-state index contributed by atoms with van der Waals surface area (Å²) in [6.07, 6.45) is 0.533. The van der Waals surface area contributed by atoms with Gasteiger partial charge in [-0.1, -0.05) is 19.9 Å². The van der Waals surface area contributed by atoms with Crippen LogP contribution in [0.2, 0.25) is 0 Å². The summed E-state index contributed by atoms with van der Waals surface area (Å²) in [5, 5.41) is 12.8. The fourth-order valence-electron chi connectivity index (χ4n) is 2.63. The van der Waals surface area contributed by atoms with Gasteiger partial charge in [-0.15, -0.1) is 13.2 Å². The topological polar surface area (TPSA) is 54.4 Å². The second kappa shape index (κ2) is 8.71. The van der Waals surface area contributed by atoms with Crippen molar-refractivity contribution in [2.75, 3.05) is 5.32 Å². The zero-order chi connectivity index (χ0) is 19.2. The van der Waals surface area contributed by atoms with E-state index < -0.39 is 6.36 Å². The Bertz CT molecular complexity index is 756. The number of allylic oxidation sites excluding steroid dienone is 2. The molecule has 0 atom stereocenters. The number of hydrogen-bond acceptors (Lipinski definition) is 4. The lowest BCUT2D eigenvalue weighted by Gasteiger charge is -2.17. The molecule has 1 aromatic carbocycles. The van der Waals surface area contributed by atoms with Gasteiger partial charge in [0.15, 0.2) is 0 Å². The third-order valence-electron chi connectivity index (χ3n) is 3.71. The van der Waals surface area contributed by atoms with Gasteiger partial charge in [-0.05, 0) is 54.3 Å². The van der Waals surface area contributed by atoms with Crippen LogP contribution in [-0.2, 0) is 6.61 Å². The van der Waals surface area contributed by atoms with Crippen LogP contribution in [0.4, 0.5) is 24.7 Å². The standard InChI is InChI=1S/C19H21F3N2O2/c1-3-5-13(4-2)17-14(12-25)10-11-23-18(17)24-15-6-8-16(9-7-15)26-19(20,21)22/h5-11,25H,3-4,12H2,1-2H3,(H,23,24)/b13-5+. The first kappa shape index (κ1) is 19.8. The molecule has 2 N–H and O–H groups in total. The van der Waals surface area contributed by atoms with Crippen LogP contribution in [0.5, 0.6) is 5.75 Å². The Morgan fingerprint density at radius 3 is 2.42 bits per heavy atom. The molecule has 1 heterocycles. The molecule has 1 aromatic heterocycles. The van der Waals surface area contributed by atoms with E-state index in [9.17, 15) is 18.3 Å². The smallest absolute Gasteiger partial charge is 0.406 e. The fourth-order valence-corrected chi connectivity index (χ4v) is 2.63. The van der Waals surface area contributed by atoms with Crippen LogP contribution in [0.3, 0.4) is 0 Å². The molecule has 7 heteroatoms. The van der Waals surface area contributed by atoms with Gasteiger partial charge in [0, 0.05) is 17.4 Å². The fraction of sp³-hybridized carbons (Fsp3) is 0.316. The Morgan fingerprint density at radius 2 is 1.88 bits per heavy atom. The summed E-state index contributed by atoms with van der Waals surface area (Å²) in [4.78, 5) is 4.34. The molecule has 0 fully saturated rings. The number of rotatable bonds is 7. The highest BCUT2D eigenvalue weighted by molar-refractivity contribution is 5.79. The highest BCUT2D eigenvalue weighted by Crippen LogP contribution is 2.31. The van der Waals surface area contributed by atoms with Crippen LogP contribution in [-0.4, -0.2) is 16.5 Å². The summed E-state index contributed by atoms with van der Waals surface area (Å²) in [6.45, 7) is 3.91. The first-order valence-corrected chi connectivity index (χ1v) is 8.28. The molecule has 0 saturated carbocycles. The third kappa shape index (κ3) is 5.23. The maximum absolute atomic E-state index is 12.2. The molecule has 0 unspecified atom stereocenters. The average Bonchev–Trinajstić information content (AvgIpc) is 2.60. The Kier molecular flexibility index (Phi) is 6.63. The normalized spacial score (nSPS) is 12.2. The number of nitrogens with one attached hydrogen (secondary N) is 1. The molecule has 140 valence electrons. The van der Waals surface area contributed by atoms with E-state index >= 15 is 0 Å². The second-order valence-electron chi connectivity index (χ2n) is 5.54. The van der Waals surface area contributed by atoms with Crippen molar-refractivity contribution in [1.29, 1.82) is 0 Å². The Labute approximate surface area is 150 Å². The van der Waals surface area contributed by atoms with Crippen LogP contribution < -0.4 is 10.1 Å². The number of ether oxygens (including phenoxy) is 1. The van der Waals surface area contributed by atoms with Crippen LogP contribution in [0.1, 0.15) is 37.8 Å². The van der Waals surface area contributed by atoms with E-state index in [1.165, 1.54) is 24.3 Å². The maximum atomic E-state index is 12.2. The van der Waals surface area contributed by atoms with Crippen molar-refractivity contribution in [2.45, 2.75) is 39.7 Å². The van der Waals surface area contributed by atoms with Gasteiger partial charge in [-0.3, -0.25) is 0 Å². The number of aromatic nitrogens is 1. The summed E-state index contributed by atoms with van der Waals surface area (Å²) in [5.41, 5.74) is 3.16. The molecule has 0 radical (unpaired) electrons. The van der Waals surface area contributed by atoms with Gasteiger partial charge in [0.05, 0.1) is 6.61 Å². The molecule has 2 rings (SSSR count). The number of alkyl halides is 3. The quantitative estimate of drug-likeness (QED) is 0.687. The Morgan fingerprint density at radius 1 is 1.19 bits per heavy atom. The van der Waals surface area contributed by atoms with Crippen molar-refractivity contribution in [1.82, 2.24) is 4.98 Å². The zero-order valence-electron chi connectivity index (χ0n) is 14.6. The number of nitrogens with zero attached hydrogens (tertiary/aromatic N) is 1. The van der Waals surface area contributed by atoms with Gasteiger partial charge in [-0.2, -0.15) is 0 Å². The van der Waals surface area contributed by atoms with E-state index in [4.69, 9.17) is 0 Å². The minimum Gasteiger partial charge on any atom is -0.406 e. The predicted octanol–water partition coefficient (Wildman–Crippen LogP) is 5.42. The molecule has 0 aliphatic heterocycles. The number of anilines is 2. The molecule has 0 spiro atoms. The molecule has 4 nitrogen and oxygen atoms in total. The Hall–Kier alpha value is -2.54. The number of pyridine rings is 1. The molecule has 26 heavy (non-hydrogen) atoms. The first-order valence-electron chi connectivity index (χ1n) is 8.28. The third-order valence-corrected chi connectivity index (χ3v) is 3.71. The van der Waals surface area contributed by atoms with Gasteiger partial charge in [0.25, 0.3) is 0 Å². The second-order valence-corrected chi connectivity index (χ2v) is 5.54. The van der Waals surface area contributed by atoms with Crippen molar-refractivity contribution >= 4 is 17.1 Å². The first-order chi connectivity index (χ1) is 12.4. The minimum atomic E-state index is -4.72. The van der Waals surface area contributed by atoms with Gasteiger partial charge < -0.3 is 15.2 Å². The Balaban J connectivity index is 2.33. The van der Waals surface area contributed by atoms with E-state index in [0.29, 0.717) is 11.5 Å². The number of aliphatic hydroxyl groups excluding tert-OH is 1. The summed E-state index contributed by atoms with van der Waals surface area (Å²) in [5.74, 6) is 0.253. The van der Waals surface area contributed by atoms with Crippen molar-refractivity contribution in [3.05, 3.63) is 53.7 Å². The predicted molar refractivity (Wildman–Crippen MR) is 95.1 cm³/mol. The maximum Gasteiger partial charge on any atom is 0.573 e. The van der Waals surface area contributed by atoms with Crippen LogP contribution in [0.25, 0.3) is 5.57 Å². The monoisotopic (exact) mass is 366 g/mol.